The van der Waals surface area contributed by atoms with E-state index in [0.717, 1.165) is 18.5 Å². The molecule has 1 aromatic carbocycles. The van der Waals surface area contributed by atoms with Crippen molar-refractivity contribution >= 4 is 5.69 Å². The highest BCUT2D eigenvalue weighted by atomic mass is 19.1. The lowest BCUT2D eigenvalue weighted by Gasteiger charge is -2.23. The molecule has 0 saturated carbocycles. The minimum atomic E-state index is -0.154. The second-order valence-electron chi connectivity index (χ2n) is 5.36. The molecule has 0 amide bonds. The van der Waals surface area contributed by atoms with E-state index in [4.69, 9.17) is 5.73 Å². The fourth-order valence-electron chi connectivity index (χ4n) is 2.05. The first-order valence-corrected chi connectivity index (χ1v) is 6.69. The summed E-state index contributed by atoms with van der Waals surface area (Å²) in [7, 11) is 1.94. The van der Waals surface area contributed by atoms with Gasteiger partial charge in [0.1, 0.15) is 5.82 Å². The van der Waals surface area contributed by atoms with E-state index in [1.807, 2.05) is 31.0 Å². The Kier molecular flexibility index (Phi) is 5.60. The van der Waals surface area contributed by atoms with Crippen molar-refractivity contribution in [3.8, 4) is 0 Å². The molecule has 0 radical (unpaired) electrons. The quantitative estimate of drug-likeness (QED) is 0.842. The Labute approximate surface area is 110 Å². The van der Waals surface area contributed by atoms with Crippen LogP contribution in [0.4, 0.5) is 10.1 Å². The third-order valence-corrected chi connectivity index (χ3v) is 3.26. The van der Waals surface area contributed by atoms with Crippen molar-refractivity contribution in [1.29, 1.82) is 0 Å². The number of nitrogens with two attached hydrogens (primary N) is 1. The minimum absolute atomic E-state index is 0.0630. The third kappa shape index (κ3) is 4.30. The number of halogens is 1. The molecule has 0 bridgehead atoms. The van der Waals surface area contributed by atoms with E-state index in [9.17, 15) is 4.39 Å². The van der Waals surface area contributed by atoms with E-state index in [1.54, 1.807) is 6.07 Å². The van der Waals surface area contributed by atoms with Crippen molar-refractivity contribution in [2.24, 2.45) is 11.7 Å². The maximum Gasteiger partial charge on any atom is 0.146 e. The predicted octanol–water partition coefficient (Wildman–Crippen LogP) is 3.20. The maximum absolute atomic E-state index is 14.0. The molecule has 0 aromatic heterocycles. The number of hydrogen-bond donors (Lipinski definition) is 1. The Bertz CT molecular complexity index is 377. The van der Waals surface area contributed by atoms with E-state index >= 15 is 0 Å². The monoisotopic (exact) mass is 252 g/mol. The Balaban J connectivity index is 2.78. The van der Waals surface area contributed by atoms with Gasteiger partial charge in [0.05, 0.1) is 5.69 Å². The molecular weight excluding hydrogens is 227 g/mol. The molecular formula is C15H25FN2. The van der Waals surface area contributed by atoms with Crippen molar-refractivity contribution in [1.82, 2.24) is 0 Å². The van der Waals surface area contributed by atoms with Crippen LogP contribution < -0.4 is 10.6 Å². The fourth-order valence-corrected chi connectivity index (χ4v) is 2.05. The second-order valence-corrected chi connectivity index (χ2v) is 5.36. The van der Waals surface area contributed by atoms with Crippen LogP contribution >= 0.6 is 0 Å². The van der Waals surface area contributed by atoms with Crippen LogP contribution in [0, 0.1) is 11.7 Å². The van der Waals surface area contributed by atoms with Gasteiger partial charge in [-0.15, -0.1) is 0 Å². The van der Waals surface area contributed by atoms with Gasteiger partial charge in [0, 0.05) is 19.6 Å². The number of rotatable bonds is 6. The summed E-state index contributed by atoms with van der Waals surface area (Å²) in [6.07, 6.45) is 1.82. The summed E-state index contributed by atoms with van der Waals surface area (Å²) in [5, 5.41) is 0. The smallest absolute Gasteiger partial charge is 0.146 e. The molecule has 1 aromatic rings. The summed E-state index contributed by atoms with van der Waals surface area (Å²) in [6.45, 7) is 7.14. The van der Waals surface area contributed by atoms with Crippen LogP contribution in [-0.2, 0) is 6.42 Å². The lowest BCUT2D eigenvalue weighted by molar-refractivity contribution is 0.549. The zero-order chi connectivity index (χ0) is 13.7. The lowest BCUT2D eigenvalue weighted by Crippen LogP contribution is -2.24. The van der Waals surface area contributed by atoms with Crippen LogP contribution in [0.2, 0.25) is 0 Å². The average molecular weight is 252 g/mol. The van der Waals surface area contributed by atoms with Crippen LogP contribution in [-0.4, -0.2) is 19.6 Å². The molecule has 2 nitrogen and oxygen atoms in total. The fraction of sp³-hybridized carbons (Fsp3) is 0.600. The van der Waals surface area contributed by atoms with Crippen molar-refractivity contribution in [3.05, 3.63) is 29.6 Å². The van der Waals surface area contributed by atoms with Gasteiger partial charge in [0.25, 0.3) is 0 Å². The summed E-state index contributed by atoms with van der Waals surface area (Å²) in [5.41, 5.74) is 7.35. The molecule has 0 aliphatic rings. The van der Waals surface area contributed by atoms with Crippen molar-refractivity contribution < 1.29 is 4.39 Å². The van der Waals surface area contributed by atoms with Gasteiger partial charge >= 0.3 is 0 Å². The third-order valence-electron chi connectivity index (χ3n) is 3.26. The molecule has 0 heterocycles. The lowest BCUT2D eigenvalue weighted by atomic mass is 10.1. The van der Waals surface area contributed by atoms with Gasteiger partial charge in [-0.3, -0.25) is 0 Å². The normalized spacial score (nSPS) is 14.3. The van der Waals surface area contributed by atoms with Crippen molar-refractivity contribution in [2.45, 2.75) is 39.7 Å². The van der Waals surface area contributed by atoms with Gasteiger partial charge in [-0.25, -0.2) is 4.39 Å². The molecule has 3 heteroatoms. The van der Waals surface area contributed by atoms with Crippen molar-refractivity contribution in [3.63, 3.8) is 0 Å². The van der Waals surface area contributed by atoms with E-state index in [1.165, 1.54) is 0 Å². The number of anilines is 1. The van der Waals surface area contributed by atoms with Crippen LogP contribution in [0.3, 0.4) is 0 Å². The van der Waals surface area contributed by atoms with Crippen LogP contribution in [0.25, 0.3) is 0 Å². The van der Waals surface area contributed by atoms with Crippen LogP contribution in [0.15, 0.2) is 18.2 Å². The topological polar surface area (TPSA) is 29.3 Å². The highest BCUT2D eigenvalue weighted by Gasteiger charge is 2.11. The molecule has 0 aliphatic carbocycles. The zero-order valence-corrected chi connectivity index (χ0v) is 11.9. The number of benzene rings is 1. The van der Waals surface area contributed by atoms with E-state index in [0.29, 0.717) is 18.0 Å². The second kappa shape index (κ2) is 6.74. The minimum Gasteiger partial charge on any atom is -0.372 e. The Morgan fingerprint density at radius 1 is 1.33 bits per heavy atom. The molecule has 2 unspecified atom stereocenters. The van der Waals surface area contributed by atoms with E-state index < -0.39 is 0 Å². The standard InChI is InChI=1S/C15H25FN2/c1-5-11(2)10-18(4)15-7-6-13(8-12(3)17)9-14(15)16/h6-7,9,11-12H,5,8,10,17H2,1-4H3. The number of hydrogen-bond acceptors (Lipinski definition) is 2. The molecule has 0 aliphatic heterocycles. The SMILES string of the molecule is CCC(C)CN(C)c1ccc(CC(C)N)cc1F. The zero-order valence-electron chi connectivity index (χ0n) is 11.9. The largest absolute Gasteiger partial charge is 0.372 e. The van der Waals surface area contributed by atoms with Gasteiger partial charge in [-0.2, -0.15) is 0 Å². The highest BCUT2D eigenvalue weighted by Crippen LogP contribution is 2.21. The molecule has 2 atom stereocenters. The molecule has 18 heavy (non-hydrogen) atoms. The molecule has 2 N–H and O–H groups in total. The average Bonchev–Trinajstić information content (AvgIpc) is 2.27. The first kappa shape index (κ1) is 15.0. The Hall–Kier alpha value is -1.09. The van der Waals surface area contributed by atoms with Crippen LogP contribution in [0.1, 0.15) is 32.8 Å². The summed E-state index contributed by atoms with van der Waals surface area (Å²) in [6, 6.07) is 5.49. The summed E-state index contributed by atoms with van der Waals surface area (Å²) in [4.78, 5) is 1.99. The van der Waals surface area contributed by atoms with Gasteiger partial charge in [0.2, 0.25) is 0 Å². The summed E-state index contributed by atoms with van der Waals surface area (Å²) in [5.74, 6) is 0.414. The maximum atomic E-state index is 14.0. The van der Waals surface area contributed by atoms with Crippen LogP contribution in [0.5, 0.6) is 0 Å². The van der Waals surface area contributed by atoms with Gasteiger partial charge in [-0.1, -0.05) is 26.3 Å². The van der Waals surface area contributed by atoms with Gasteiger partial charge in [-0.05, 0) is 37.0 Å². The molecule has 0 saturated heterocycles. The Morgan fingerprint density at radius 3 is 2.50 bits per heavy atom. The molecule has 0 spiro atoms. The summed E-state index contributed by atoms with van der Waals surface area (Å²) < 4.78 is 14.0. The predicted molar refractivity (Wildman–Crippen MR) is 76.5 cm³/mol. The summed E-state index contributed by atoms with van der Waals surface area (Å²) >= 11 is 0. The first-order chi connectivity index (χ1) is 8.43. The molecule has 102 valence electrons. The number of nitrogens with zero attached hydrogens (tertiary/aromatic N) is 1. The van der Waals surface area contributed by atoms with Crippen molar-refractivity contribution in [2.75, 3.05) is 18.5 Å². The first-order valence-electron chi connectivity index (χ1n) is 6.69. The van der Waals surface area contributed by atoms with E-state index in [-0.39, 0.29) is 11.9 Å². The van der Waals surface area contributed by atoms with Gasteiger partial charge in [0.15, 0.2) is 0 Å². The Morgan fingerprint density at radius 2 is 2.00 bits per heavy atom. The molecule has 0 fully saturated rings. The highest BCUT2D eigenvalue weighted by molar-refractivity contribution is 5.48. The molecule has 1 rings (SSSR count). The van der Waals surface area contributed by atoms with E-state index in [2.05, 4.69) is 13.8 Å². The van der Waals surface area contributed by atoms with Gasteiger partial charge < -0.3 is 10.6 Å².